The molecule has 0 unspecified atom stereocenters. The summed E-state index contributed by atoms with van der Waals surface area (Å²) in [7, 11) is 0. The van der Waals surface area contributed by atoms with E-state index >= 15 is 0 Å². The molecule has 148 valence electrons. The number of rotatable bonds is 2. The molecule has 1 saturated heterocycles. The quantitative estimate of drug-likeness (QED) is 0.786. The Balaban J connectivity index is 1.58. The van der Waals surface area contributed by atoms with Crippen LogP contribution in [0.15, 0.2) is 48.5 Å². The molecule has 1 N–H and O–H groups in total. The van der Waals surface area contributed by atoms with E-state index in [2.05, 4.69) is 5.32 Å². The first-order valence-corrected chi connectivity index (χ1v) is 8.52. The van der Waals surface area contributed by atoms with E-state index in [0.717, 1.165) is 12.1 Å². The molecule has 0 bridgehead atoms. The standard InChI is InChI=1S/C19H17F4N3O2/c20-15-4-6-16(7-5-15)24-18(28)26-10-8-25(9-11-26)17(27)13-2-1-3-14(12-13)19(21,22)23/h1-7,12H,8-11H2,(H,24,28). The molecule has 0 aromatic heterocycles. The van der Waals surface area contributed by atoms with Crippen LogP contribution in [-0.2, 0) is 6.18 Å². The van der Waals surface area contributed by atoms with E-state index < -0.39 is 29.5 Å². The summed E-state index contributed by atoms with van der Waals surface area (Å²) in [5.74, 6) is -0.926. The number of urea groups is 1. The Morgan fingerprint density at radius 2 is 1.50 bits per heavy atom. The summed E-state index contributed by atoms with van der Waals surface area (Å²) in [5.41, 5.74) is -0.483. The summed E-state index contributed by atoms with van der Waals surface area (Å²) in [6, 6.07) is 9.19. The fourth-order valence-electron chi connectivity index (χ4n) is 2.86. The number of benzene rings is 2. The Morgan fingerprint density at radius 3 is 2.11 bits per heavy atom. The fourth-order valence-corrected chi connectivity index (χ4v) is 2.86. The van der Waals surface area contributed by atoms with Gasteiger partial charge in [-0.2, -0.15) is 13.2 Å². The molecule has 2 aromatic rings. The van der Waals surface area contributed by atoms with Crippen molar-refractivity contribution >= 4 is 17.6 Å². The van der Waals surface area contributed by atoms with Crippen molar-refractivity contribution in [3.8, 4) is 0 Å². The monoisotopic (exact) mass is 395 g/mol. The summed E-state index contributed by atoms with van der Waals surface area (Å²) in [5, 5.41) is 2.63. The number of hydrogen-bond donors (Lipinski definition) is 1. The SMILES string of the molecule is O=C(Nc1ccc(F)cc1)N1CCN(C(=O)c2cccc(C(F)(F)F)c2)CC1. The van der Waals surface area contributed by atoms with E-state index in [0.29, 0.717) is 5.69 Å². The third kappa shape index (κ3) is 4.59. The van der Waals surface area contributed by atoms with Crippen molar-refractivity contribution in [2.75, 3.05) is 31.5 Å². The molecule has 1 fully saturated rings. The number of piperazine rings is 1. The van der Waals surface area contributed by atoms with Crippen LogP contribution in [0.3, 0.4) is 0 Å². The molecule has 3 rings (SSSR count). The molecule has 9 heteroatoms. The molecule has 0 spiro atoms. The molecule has 1 heterocycles. The second kappa shape index (κ2) is 7.87. The summed E-state index contributed by atoms with van der Waals surface area (Å²) in [6.07, 6.45) is -4.52. The van der Waals surface area contributed by atoms with Gasteiger partial charge in [0.05, 0.1) is 5.56 Å². The summed E-state index contributed by atoms with van der Waals surface area (Å²) in [4.78, 5) is 27.6. The highest BCUT2D eigenvalue weighted by molar-refractivity contribution is 5.95. The van der Waals surface area contributed by atoms with Gasteiger partial charge in [0.25, 0.3) is 5.91 Å². The Labute approximate surface area is 158 Å². The van der Waals surface area contributed by atoms with Gasteiger partial charge >= 0.3 is 12.2 Å². The molecular formula is C19H17F4N3O2. The zero-order valence-electron chi connectivity index (χ0n) is 14.7. The number of amides is 3. The normalized spacial score (nSPS) is 14.7. The molecule has 0 atom stereocenters. The average Bonchev–Trinajstić information content (AvgIpc) is 2.69. The van der Waals surface area contributed by atoms with Crippen molar-refractivity contribution in [1.29, 1.82) is 0 Å². The van der Waals surface area contributed by atoms with Gasteiger partial charge in [0.1, 0.15) is 5.82 Å². The van der Waals surface area contributed by atoms with E-state index in [9.17, 15) is 27.2 Å². The third-order valence-corrected chi connectivity index (χ3v) is 4.39. The molecule has 1 aliphatic heterocycles. The van der Waals surface area contributed by atoms with Crippen LogP contribution in [0.4, 0.5) is 28.0 Å². The maximum Gasteiger partial charge on any atom is 0.416 e. The summed E-state index contributed by atoms with van der Waals surface area (Å²) >= 11 is 0. The Morgan fingerprint density at radius 1 is 0.893 bits per heavy atom. The zero-order chi connectivity index (χ0) is 20.3. The van der Waals surface area contributed by atoms with Gasteiger partial charge in [-0.05, 0) is 42.5 Å². The van der Waals surface area contributed by atoms with Gasteiger partial charge in [0, 0.05) is 37.4 Å². The molecule has 28 heavy (non-hydrogen) atoms. The Bertz CT molecular complexity index is 860. The van der Waals surface area contributed by atoms with E-state index in [1.165, 1.54) is 46.2 Å². The number of halogens is 4. The number of nitrogens with one attached hydrogen (secondary N) is 1. The van der Waals surface area contributed by atoms with Crippen LogP contribution in [0.1, 0.15) is 15.9 Å². The van der Waals surface area contributed by atoms with Crippen molar-refractivity contribution in [1.82, 2.24) is 9.80 Å². The lowest BCUT2D eigenvalue weighted by atomic mass is 10.1. The summed E-state index contributed by atoms with van der Waals surface area (Å²) < 4.78 is 51.4. The first-order valence-electron chi connectivity index (χ1n) is 8.52. The number of alkyl halides is 3. The van der Waals surface area contributed by atoms with E-state index in [-0.39, 0.29) is 31.7 Å². The van der Waals surface area contributed by atoms with Crippen LogP contribution in [0.2, 0.25) is 0 Å². The Kier molecular flexibility index (Phi) is 5.53. The number of carbonyl (C=O) groups excluding carboxylic acids is 2. The van der Waals surface area contributed by atoms with E-state index in [4.69, 9.17) is 0 Å². The van der Waals surface area contributed by atoms with E-state index in [1.807, 2.05) is 0 Å². The lowest BCUT2D eigenvalue weighted by Crippen LogP contribution is -2.51. The second-order valence-corrected chi connectivity index (χ2v) is 6.29. The fraction of sp³-hybridized carbons (Fsp3) is 0.263. The first-order chi connectivity index (χ1) is 13.2. The largest absolute Gasteiger partial charge is 0.416 e. The first kappa shape index (κ1) is 19.7. The van der Waals surface area contributed by atoms with E-state index in [1.54, 1.807) is 0 Å². The van der Waals surface area contributed by atoms with Crippen LogP contribution in [0.5, 0.6) is 0 Å². The molecule has 5 nitrogen and oxygen atoms in total. The number of anilines is 1. The topological polar surface area (TPSA) is 52.7 Å². The molecule has 0 aliphatic carbocycles. The number of hydrogen-bond acceptors (Lipinski definition) is 2. The molecule has 2 aromatic carbocycles. The van der Waals surface area contributed by atoms with Crippen LogP contribution in [-0.4, -0.2) is 47.9 Å². The number of nitrogens with zero attached hydrogens (tertiary/aromatic N) is 2. The van der Waals surface area contributed by atoms with Crippen molar-refractivity contribution in [3.63, 3.8) is 0 Å². The minimum atomic E-state index is -4.52. The van der Waals surface area contributed by atoms with Gasteiger partial charge in [-0.25, -0.2) is 9.18 Å². The smallest absolute Gasteiger partial charge is 0.335 e. The van der Waals surface area contributed by atoms with Crippen LogP contribution >= 0.6 is 0 Å². The average molecular weight is 395 g/mol. The molecule has 0 saturated carbocycles. The summed E-state index contributed by atoms with van der Waals surface area (Å²) in [6.45, 7) is 0.868. The lowest BCUT2D eigenvalue weighted by Gasteiger charge is -2.34. The van der Waals surface area contributed by atoms with Crippen molar-refractivity contribution in [2.24, 2.45) is 0 Å². The zero-order valence-corrected chi connectivity index (χ0v) is 14.7. The van der Waals surface area contributed by atoms with Gasteiger partial charge in [0.2, 0.25) is 0 Å². The van der Waals surface area contributed by atoms with Gasteiger partial charge in [-0.3, -0.25) is 4.79 Å². The third-order valence-electron chi connectivity index (χ3n) is 4.39. The molecule has 3 amide bonds. The van der Waals surface area contributed by atoms with Crippen LogP contribution in [0.25, 0.3) is 0 Å². The maximum atomic E-state index is 12.9. The predicted octanol–water partition coefficient (Wildman–Crippen LogP) is 3.83. The second-order valence-electron chi connectivity index (χ2n) is 6.29. The lowest BCUT2D eigenvalue weighted by molar-refractivity contribution is -0.137. The minimum absolute atomic E-state index is 0.0426. The molecule has 0 radical (unpaired) electrons. The van der Waals surface area contributed by atoms with Crippen molar-refractivity contribution in [2.45, 2.75) is 6.18 Å². The Hall–Kier alpha value is -3.10. The highest BCUT2D eigenvalue weighted by Crippen LogP contribution is 2.29. The van der Waals surface area contributed by atoms with Gasteiger partial charge < -0.3 is 15.1 Å². The molecule has 1 aliphatic rings. The maximum absolute atomic E-state index is 12.9. The van der Waals surface area contributed by atoms with Crippen molar-refractivity contribution < 1.29 is 27.2 Å². The van der Waals surface area contributed by atoms with Crippen LogP contribution in [0, 0.1) is 5.82 Å². The van der Waals surface area contributed by atoms with Gasteiger partial charge in [0.15, 0.2) is 0 Å². The molecular weight excluding hydrogens is 378 g/mol. The highest BCUT2D eigenvalue weighted by Gasteiger charge is 2.32. The van der Waals surface area contributed by atoms with Gasteiger partial charge in [-0.15, -0.1) is 0 Å². The predicted molar refractivity (Wildman–Crippen MR) is 94.3 cm³/mol. The van der Waals surface area contributed by atoms with Crippen LogP contribution < -0.4 is 5.32 Å². The number of carbonyl (C=O) groups is 2. The highest BCUT2D eigenvalue weighted by atomic mass is 19.4. The minimum Gasteiger partial charge on any atom is -0.335 e. The van der Waals surface area contributed by atoms with Gasteiger partial charge in [-0.1, -0.05) is 6.07 Å². The van der Waals surface area contributed by atoms with Crippen molar-refractivity contribution in [3.05, 3.63) is 65.5 Å².